The predicted octanol–water partition coefficient (Wildman–Crippen LogP) is 1.26. The van der Waals surface area contributed by atoms with Gasteiger partial charge in [-0.05, 0) is 37.3 Å². The number of aromatic nitrogens is 1. The van der Waals surface area contributed by atoms with Crippen LogP contribution in [-0.2, 0) is 12.8 Å². The molecule has 1 saturated heterocycles. The predicted molar refractivity (Wildman–Crippen MR) is 68.4 cm³/mol. The van der Waals surface area contributed by atoms with Gasteiger partial charge < -0.3 is 10.0 Å². The fraction of sp³-hybridized carbons (Fsp3) is 0.571. The van der Waals surface area contributed by atoms with Gasteiger partial charge in [0, 0.05) is 31.3 Å². The zero-order valence-corrected chi connectivity index (χ0v) is 10.4. The Kier molecular flexibility index (Phi) is 2.92. The normalized spacial score (nSPS) is 22.0. The SMILES string of the molecule is N#Cc1cc2c(nc1N1CCC(CO)C1)CCC2. The van der Waals surface area contributed by atoms with Crippen molar-refractivity contribution in [3.05, 3.63) is 22.9 Å². The molecule has 18 heavy (non-hydrogen) atoms. The molecule has 94 valence electrons. The molecule has 4 heteroatoms. The molecular formula is C14H17N3O. The lowest BCUT2D eigenvalue weighted by molar-refractivity contribution is 0.238. The topological polar surface area (TPSA) is 60.2 Å². The van der Waals surface area contributed by atoms with Crippen molar-refractivity contribution in [2.45, 2.75) is 25.7 Å². The summed E-state index contributed by atoms with van der Waals surface area (Å²) < 4.78 is 0. The zero-order chi connectivity index (χ0) is 12.5. The Hall–Kier alpha value is -1.60. The Balaban J connectivity index is 1.94. The van der Waals surface area contributed by atoms with E-state index in [2.05, 4.69) is 11.0 Å². The van der Waals surface area contributed by atoms with E-state index in [1.165, 1.54) is 5.56 Å². The third-order valence-corrected chi connectivity index (χ3v) is 3.99. The summed E-state index contributed by atoms with van der Waals surface area (Å²) in [7, 11) is 0. The van der Waals surface area contributed by atoms with Gasteiger partial charge >= 0.3 is 0 Å². The largest absolute Gasteiger partial charge is 0.396 e. The quantitative estimate of drug-likeness (QED) is 0.849. The van der Waals surface area contributed by atoms with Gasteiger partial charge in [0.2, 0.25) is 0 Å². The molecular weight excluding hydrogens is 226 g/mol. The minimum Gasteiger partial charge on any atom is -0.396 e. The molecule has 1 aliphatic carbocycles. The first kappa shape index (κ1) is 11.5. The monoisotopic (exact) mass is 243 g/mol. The highest BCUT2D eigenvalue weighted by atomic mass is 16.3. The molecule has 1 aliphatic heterocycles. The molecule has 1 aromatic rings. The number of aliphatic hydroxyl groups excluding tert-OH is 1. The van der Waals surface area contributed by atoms with E-state index in [1.54, 1.807) is 0 Å². The minimum atomic E-state index is 0.226. The molecule has 1 N–H and O–H groups in total. The van der Waals surface area contributed by atoms with Crippen molar-refractivity contribution in [3.63, 3.8) is 0 Å². The number of fused-ring (bicyclic) bond motifs is 1. The third kappa shape index (κ3) is 1.85. The maximum absolute atomic E-state index is 9.27. The third-order valence-electron chi connectivity index (χ3n) is 3.99. The molecule has 0 amide bonds. The van der Waals surface area contributed by atoms with E-state index >= 15 is 0 Å². The van der Waals surface area contributed by atoms with Gasteiger partial charge in [-0.3, -0.25) is 0 Å². The first-order valence-electron chi connectivity index (χ1n) is 6.60. The van der Waals surface area contributed by atoms with Gasteiger partial charge in [-0.25, -0.2) is 4.98 Å². The van der Waals surface area contributed by atoms with E-state index in [0.29, 0.717) is 11.5 Å². The number of nitrogens with zero attached hydrogens (tertiary/aromatic N) is 3. The maximum atomic E-state index is 9.27. The summed E-state index contributed by atoms with van der Waals surface area (Å²) in [6.07, 6.45) is 4.22. The molecule has 2 aliphatic rings. The average molecular weight is 243 g/mol. The number of rotatable bonds is 2. The van der Waals surface area contributed by atoms with E-state index in [9.17, 15) is 10.4 Å². The van der Waals surface area contributed by atoms with Crippen molar-refractivity contribution < 1.29 is 5.11 Å². The second-order valence-corrected chi connectivity index (χ2v) is 5.21. The Morgan fingerprint density at radius 1 is 1.50 bits per heavy atom. The molecule has 0 aromatic carbocycles. The summed E-state index contributed by atoms with van der Waals surface area (Å²) in [5, 5.41) is 18.5. The fourth-order valence-corrected chi connectivity index (χ4v) is 2.96. The Labute approximate surface area is 107 Å². The van der Waals surface area contributed by atoms with Crippen LogP contribution in [0.15, 0.2) is 6.07 Å². The highest BCUT2D eigenvalue weighted by Gasteiger charge is 2.26. The fourth-order valence-electron chi connectivity index (χ4n) is 2.96. The summed E-state index contributed by atoms with van der Waals surface area (Å²) >= 11 is 0. The van der Waals surface area contributed by atoms with Crippen molar-refractivity contribution in [1.82, 2.24) is 4.98 Å². The van der Waals surface area contributed by atoms with E-state index in [0.717, 1.165) is 50.3 Å². The van der Waals surface area contributed by atoms with Gasteiger partial charge in [-0.2, -0.15) is 5.26 Å². The van der Waals surface area contributed by atoms with Crippen LogP contribution in [0.2, 0.25) is 0 Å². The second-order valence-electron chi connectivity index (χ2n) is 5.21. The standard InChI is InChI=1S/C14H17N3O/c15-7-12-6-11-2-1-3-13(11)16-14(12)17-5-4-10(8-17)9-18/h6,10,18H,1-5,8-9H2. The van der Waals surface area contributed by atoms with E-state index in [4.69, 9.17) is 4.98 Å². The Bertz CT molecular complexity index is 506. The number of pyridine rings is 1. The minimum absolute atomic E-state index is 0.226. The van der Waals surface area contributed by atoms with Crippen molar-refractivity contribution in [1.29, 1.82) is 5.26 Å². The lowest BCUT2D eigenvalue weighted by atomic mass is 10.1. The molecule has 0 radical (unpaired) electrons. The Morgan fingerprint density at radius 3 is 3.11 bits per heavy atom. The molecule has 1 unspecified atom stereocenters. The van der Waals surface area contributed by atoms with E-state index in [1.807, 2.05) is 6.07 Å². The van der Waals surface area contributed by atoms with Crippen LogP contribution in [0, 0.1) is 17.2 Å². The maximum Gasteiger partial charge on any atom is 0.146 e. The summed E-state index contributed by atoms with van der Waals surface area (Å²) in [4.78, 5) is 6.85. The first-order chi connectivity index (χ1) is 8.81. The molecule has 4 nitrogen and oxygen atoms in total. The van der Waals surface area contributed by atoms with Crippen molar-refractivity contribution in [2.75, 3.05) is 24.6 Å². The van der Waals surface area contributed by atoms with Crippen LogP contribution in [0.25, 0.3) is 0 Å². The number of anilines is 1. The van der Waals surface area contributed by atoms with E-state index in [-0.39, 0.29) is 6.61 Å². The lowest BCUT2D eigenvalue weighted by Gasteiger charge is -2.19. The average Bonchev–Trinajstić information content (AvgIpc) is 3.05. The summed E-state index contributed by atoms with van der Waals surface area (Å²) in [5.41, 5.74) is 3.10. The molecule has 1 fully saturated rings. The highest BCUT2D eigenvalue weighted by molar-refractivity contribution is 5.57. The summed E-state index contributed by atoms with van der Waals surface area (Å²) in [6.45, 7) is 1.94. The number of nitriles is 1. The van der Waals surface area contributed by atoms with Crippen LogP contribution in [-0.4, -0.2) is 29.8 Å². The molecule has 3 rings (SSSR count). The number of hydrogen-bond acceptors (Lipinski definition) is 4. The summed E-state index contributed by atoms with van der Waals surface area (Å²) in [6, 6.07) is 4.28. The Morgan fingerprint density at radius 2 is 2.39 bits per heavy atom. The zero-order valence-electron chi connectivity index (χ0n) is 10.4. The molecule has 2 heterocycles. The van der Waals surface area contributed by atoms with Crippen LogP contribution < -0.4 is 4.90 Å². The van der Waals surface area contributed by atoms with Crippen molar-refractivity contribution in [3.8, 4) is 6.07 Å². The van der Waals surface area contributed by atoms with Crippen LogP contribution in [0.4, 0.5) is 5.82 Å². The number of aryl methyl sites for hydroxylation is 2. The van der Waals surface area contributed by atoms with E-state index < -0.39 is 0 Å². The van der Waals surface area contributed by atoms with Crippen molar-refractivity contribution >= 4 is 5.82 Å². The van der Waals surface area contributed by atoms with Gasteiger partial charge in [0.25, 0.3) is 0 Å². The van der Waals surface area contributed by atoms with Crippen LogP contribution >= 0.6 is 0 Å². The molecule has 1 atom stereocenters. The molecule has 0 spiro atoms. The lowest BCUT2D eigenvalue weighted by Crippen LogP contribution is -2.23. The second kappa shape index (κ2) is 4.58. The van der Waals surface area contributed by atoms with Gasteiger partial charge in [0.05, 0.1) is 5.56 Å². The molecule has 1 aromatic heterocycles. The van der Waals surface area contributed by atoms with Crippen LogP contribution in [0.1, 0.15) is 29.7 Å². The van der Waals surface area contributed by atoms with Crippen LogP contribution in [0.3, 0.4) is 0 Å². The number of hydrogen-bond donors (Lipinski definition) is 1. The first-order valence-corrected chi connectivity index (χ1v) is 6.60. The number of aliphatic hydroxyl groups is 1. The van der Waals surface area contributed by atoms with Crippen molar-refractivity contribution in [2.24, 2.45) is 5.92 Å². The smallest absolute Gasteiger partial charge is 0.146 e. The van der Waals surface area contributed by atoms with Crippen LogP contribution in [0.5, 0.6) is 0 Å². The van der Waals surface area contributed by atoms with Gasteiger partial charge in [-0.1, -0.05) is 0 Å². The van der Waals surface area contributed by atoms with Gasteiger partial charge in [-0.15, -0.1) is 0 Å². The molecule has 0 bridgehead atoms. The van der Waals surface area contributed by atoms with Gasteiger partial charge in [0.1, 0.15) is 11.9 Å². The molecule has 0 saturated carbocycles. The highest BCUT2D eigenvalue weighted by Crippen LogP contribution is 2.29. The summed E-state index contributed by atoms with van der Waals surface area (Å²) in [5.74, 6) is 1.15. The van der Waals surface area contributed by atoms with Gasteiger partial charge in [0.15, 0.2) is 0 Å².